The van der Waals surface area contributed by atoms with E-state index in [-0.39, 0.29) is 5.82 Å². The van der Waals surface area contributed by atoms with Crippen molar-refractivity contribution in [1.82, 2.24) is 14.0 Å². The Morgan fingerprint density at radius 2 is 1.83 bits per heavy atom. The third kappa shape index (κ3) is 2.88. The summed E-state index contributed by atoms with van der Waals surface area (Å²) in [6.07, 6.45) is 0. The lowest BCUT2D eigenvalue weighted by molar-refractivity contribution is 0.603. The van der Waals surface area contributed by atoms with E-state index in [1.54, 1.807) is 36.4 Å². The molecule has 23 heavy (non-hydrogen) atoms. The Labute approximate surface area is 138 Å². The maximum atomic E-state index is 12.9. The molecule has 0 aliphatic carbocycles. The fourth-order valence-electron chi connectivity index (χ4n) is 1.96. The van der Waals surface area contributed by atoms with Gasteiger partial charge in [0.1, 0.15) is 5.82 Å². The molecule has 0 radical (unpaired) electrons. The minimum absolute atomic E-state index is 0.308. The van der Waals surface area contributed by atoms with E-state index in [4.69, 9.17) is 16.0 Å². The van der Waals surface area contributed by atoms with E-state index in [1.165, 1.54) is 27.6 Å². The molecule has 0 bridgehead atoms. The molecule has 4 rings (SSSR count). The predicted molar refractivity (Wildman–Crippen MR) is 85.2 cm³/mol. The van der Waals surface area contributed by atoms with E-state index in [2.05, 4.69) is 15.1 Å². The lowest BCUT2D eigenvalue weighted by Crippen LogP contribution is -1.95. The first kappa shape index (κ1) is 14.1. The van der Waals surface area contributed by atoms with Crippen LogP contribution in [0.25, 0.3) is 17.3 Å². The van der Waals surface area contributed by atoms with Gasteiger partial charge in [-0.3, -0.25) is 0 Å². The van der Waals surface area contributed by atoms with Crippen molar-refractivity contribution in [3.8, 4) is 11.5 Å². The van der Waals surface area contributed by atoms with Crippen LogP contribution >= 0.6 is 23.1 Å². The molecule has 0 fully saturated rings. The Morgan fingerprint density at radius 3 is 2.52 bits per heavy atom. The lowest BCUT2D eigenvalue weighted by atomic mass is 10.2. The zero-order chi connectivity index (χ0) is 15.8. The van der Waals surface area contributed by atoms with Crippen molar-refractivity contribution in [3.05, 3.63) is 64.2 Å². The Hall–Kier alpha value is -2.51. The van der Waals surface area contributed by atoms with Crippen LogP contribution in [0, 0.1) is 5.82 Å². The van der Waals surface area contributed by atoms with E-state index in [1.807, 2.05) is 0 Å². The number of hydrogen-bond donors (Lipinski definition) is 0. The van der Waals surface area contributed by atoms with Crippen LogP contribution in [0.15, 0.2) is 57.9 Å². The molecule has 2 heterocycles. The average molecular weight is 347 g/mol. The number of benzene rings is 2. The van der Waals surface area contributed by atoms with E-state index in [9.17, 15) is 4.39 Å². The van der Waals surface area contributed by atoms with Crippen molar-refractivity contribution >= 4 is 34.7 Å². The molecule has 5 nitrogen and oxygen atoms in total. The third-order valence-electron chi connectivity index (χ3n) is 3.04. The van der Waals surface area contributed by atoms with Gasteiger partial charge in [-0.25, -0.2) is 9.38 Å². The average Bonchev–Trinajstić information content (AvgIpc) is 3.09. The van der Waals surface area contributed by atoms with Crippen LogP contribution < -0.4 is 4.80 Å². The van der Waals surface area contributed by atoms with Gasteiger partial charge in [-0.05, 0) is 48.5 Å². The zero-order valence-corrected chi connectivity index (χ0v) is 13.1. The molecule has 4 aromatic rings. The van der Waals surface area contributed by atoms with Crippen molar-refractivity contribution in [3.63, 3.8) is 0 Å². The highest BCUT2D eigenvalue weighted by Gasteiger charge is 2.10. The van der Waals surface area contributed by atoms with E-state index < -0.39 is 0 Å². The molecule has 0 spiro atoms. The van der Waals surface area contributed by atoms with Gasteiger partial charge >= 0.3 is 5.84 Å². The van der Waals surface area contributed by atoms with Crippen LogP contribution in [0.1, 0.15) is 0 Å². The quantitative estimate of drug-likeness (QED) is 0.549. The number of hydrogen-bond acceptors (Lipinski definition) is 5. The fourth-order valence-corrected chi connectivity index (χ4v) is 2.77. The summed E-state index contributed by atoms with van der Waals surface area (Å²) >= 11 is 7.08. The SMILES string of the molecule is Fc1ccc(-c2nn3sc(=Nc4ccc(Cl)cc4)nc3o2)cc1. The smallest absolute Gasteiger partial charge is 0.337 e. The molecule has 0 N–H and O–H groups in total. The van der Waals surface area contributed by atoms with Gasteiger partial charge < -0.3 is 4.42 Å². The van der Waals surface area contributed by atoms with Crippen LogP contribution in [0.5, 0.6) is 0 Å². The van der Waals surface area contributed by atoms with Gasteiger partial charge in [0.25, 0.3) is 0 Å². The molecule has 0 saturated carbocycles. The van der Waals surface area contributed by atoms with Crippen molar-refractivity contribution in [2.45, 2.75) is 0 Å². The van der Waals surface area contributed by atoms with Crippen molar-refractivity contribution in [2.24, 2.45) is 4.99 Å². The lowest BCUT2D eigenvalue weighted by Gasteiger charge is -1.92. The van der Waals surface area contributed by atoms with Crippen molar-refractivity contribution in [1.29, 1.82) is 0 Å². The van der Waals surface area contributed by atoms with Gasteiger partial charge in [-0.2, -0.15) is 4.98 Å². The van der Waals surface area contributed by atoms with Gasteiger partial charge in [-0.1, -0.05) is 11.6 Å². The highest BCUT2D eigenvalue weighted by molar-refractivity contribution is 7.03. The monoisotopic (exact) mass is 346 g/mol. The number of aromatic nitrogens is 3. The summed E-state index contributed by atoms with van der Waals surface area (Å²) in [6.45, 7) is 0. The molecule has 0 aliphatic rings. The predicted octanol–water partition coefficient (Wildman–Crippen LogP) is 4.08. The standard InChI is InChI=1S/C15H8ClFN4OS/c16-10-3-7-12(8-4-10)18-14-19-15-21(23-14)20-13(22-15)9-1-5-11(17)6-2-9/h1-8H. The summed E-state index contributed by atoms with van der Waals surface area (Å²) in [5, 5.41) is 4.94. The van der Waals surface area contributed by atoms with Gasteiger partial charge in [0.05, 0.1) is 5.69 Å². The summed E-state index contributed by atoms with van der Waals surface area (Å²) in [5.41, 5.74) is 1.42. The van der Waals surface area contributed by atoms with Crippen LogP contribution in [0.3, 0.4) is 0 Å². The number of fused-ring (bicyclic) bond motifs is 1. The summed E-state index contributed by atoms with van der Waals surface area (Å²) in [7, 11) is 0. The third-order valence-corrected chi connectivity index (χ3v) is 4.04. The fraction of sp³-hybridized carbons (Fsp3) is 0. The molecule has 0 amide bonds. The van der Waals surface area contributed by atoms with Crippen LogP contribution in [0.4, 0.5) is 10.1 Å². The summed E-state index contributed by atoms with van der Waals surface area (Å²) in [6, 6.07) is 13.0. The maximum absolute atomic E-state index is 12.9. The number of halogens is 2. The molecule has 8 heteroatoms. The first-order chi connectivity index (χ1) is 11.2. The maximum Gasteiger partial charge on any atom is 0.337 e. The number of rotatable bonds is 2. The normalized spacial score (nSPS) is 12.2. The summed E-state index contributed by atoms with van der Waals surface area (Å²) in [5.74, 6) is 0.403. The molecule has 114 valence electrons. The highest BCUT2D eigenvalue weighted by Crippen LogP contribution is 2.20. The Bertz CT molecular complexity index is 999. The second-order valence-electron chi connectivity index (χ2n) is 4.64. The molecule has 0 unspecified atom stereocenters. The van der Waals surface area contributed by atoms with E-state index in [0.717, 1.165) is 5.69 Å². The van der Waals surface area contributed by atoms with Gasteiger partial charge in [0, 0.05) is 22.1 Å². The first-order valence-corrected chi connectivity index (χ1v) is 7.76. The Balaban J connectivity index is 1.71. The Kier molecular flexibility index (Phi) is 3.44. The molecule has 0 atom stereocenters. The van der Waals surface area contributed by atoms with Crippen molar-refractivity contribution in [2.75, 3.05) is 0 Å². The second-order valence-corrected chi connectivity index (χ2v) is 5.97. The minimum Gasteiger partial charge on any atom is -0.402 e. The summed E-state index contributed by atoms with van der Waals surface area (Å²) < 4.78 is 20.1. The van der Waals surface area contributed by atoms with E-state index >= 15 is 0 Å². The first-order valence-electron chi connectivity index (χ1n) is 6.61. The summed E-state index contributed by atoms with van der Waals surface area (Å²) in [4.78, 5) is 9.17. The van der Waals surface area contributed by atoms with Crippen LogP contribution in [0.2, 0.25) is 5.02 Å². The molecule has 2 aromatic heterocycles. The Morgan fingerprint density at radius 1 is 1.09 bits per heavy atom. The largest absolute Gasteiger partial charge is 0.402 e. The topological polar surface area (TPSA) is 55.7 Å². The second kappa shape index (κ2) is 5.60. The number of nitrogens with zero attached hydrogens (tertiary/aromatic N) is 4. The van der Waals surface area contributed by atoms with Crippen LogP contribution in [-0.2, 0) is 0 Å². The molecule has 0 saturated heterocycles. The van der Waals surface area contributed by atoms with Gasteiger partial charge in [0.15, 0.2) is 0 Å². The van der Waals surface area contributed by atoms with E-state index in [0.29, 0.717) is 27.1 Å². The van der Waals surface area contributed by atoms with Crippen molar-refractivity contribution < 1.29 is 8.81 Å². The molecule has 0 aliphatic heterocycles. The molecule has 2 aromatic carbocycles. The zero-order valence-electron chi connectivity index (χ0n) is 11.5. The van der Waals surface area contributed by atoms with Gasteiger partial charge in [-0.15, -0.1) is 9.00 Å². The highest BCUT2D eigenvalue weighted by atomic mass is 35.5. The minimum atomic E-state index is -0.308. The van der Waals surface area contributed by atoms with Crippen LogP contribution in [-0.4, -0.2) is 14.0 Å². The van der Waals surface area contributed by atoms with Gasteiger partial charge in [0.2, 0.25) is 10.7 Å². The molecular weight excluding hydrogens is 339 g/mol. The molecular formula is C15H8ClFN4OS.